The maximum absolute atomic E-state index is 6.00. The van der Waals surface area contributed by atoms with Crippen LogP contribution in [0.1, 0.15) is 27.7 Å². The molecule has 6 nitrogen and oxygen atoms in total. The van der Waals surface area contributed by atoms with E-state index in [0.717, 1.165) is 5.46 Å². The lowest BCUT2D eigenvalue weighted by atomic mass is 9.82. The van der Waals surface area contributed by atoms with Gasteiger partial charge in [0.1, 0.15) is 0 Å². The Labute approximate surface area is 132 Å². The molecule has 7 heteroatoms. The van der Waals surface area contributed by atoms with Crippen molar-refractivity contribution in [1.82, 2.24) is 9.78 Å². The van der Waals surface area contributed by atoms with E-state index in [1.54, 1.807) is 18.0 Å². The largest absolute Gasteiger partial charge is 0.498 e. The third-order valence-corrected chi connectivity index (χ3v) is 4.05. The van der Waals surface area contributed by atoms with E-state index < -0.39 is 0 Å². The van der Waals surface area contributed by atoms with Gasteiger partial charge in [-0.1, -0.05) is 0 Å². The minimum absolute atomic E-state index is 0.342. The number of aromatic nitrogens is 2. The zero-order valence-electron chi connectivity index (χ0n) is 14.0. The normalized spacial score (nSPS) is 20.1. The minimum Gasteiger partial charge on any atom is -0.399 e. The van der Waals surface area contributed by atoms with Gasteiger partial charge in [-0.15, -0.1) is 0 Å². The smallest absolute Gasteiger partial charge is 0.399 e. The van der Waals surface area contributed by atoms with Gasteiger partial charge >= 0.3 is 7.12 Å². The maximum atomic E-state index is 6.00. The number of rotatable bonds is 7. The molecule has 0 bridgehead atoms. The second-order valence-electron chi connectivity index (χ2n) is 6.29. The molecule has 1 saturated heterocycles. The van der Waals surface area contributed by atoms with Crippen LogP contribution >= 0.6 is 0 Å². The highest BCUT2D eigenvalue weighted by Gasteiger charge is 2.52. The third kappa shape index (κ3) is 3.98. The Balaban J connectivity index is 1.88. The van der Waals surface area contributed by atoms with Crippen LogP contribution in [0.3, 0.4) is 0 Å². The highest BCUT2D eigenvalue weighted by Crippen LogP contribution is 2.36. The van der Waals surface area contributed by atoms with Crippen LogP contribution < -0.4 is 5.46 Å². The summed E-state index contributed by atoms with van der Waals surface area (Å²) in [6, 6.07) is 0. The minimum atomic E-state index is -0.384. The zero-order chi connectivity index (χ0) is 16.2. The highest BCUT2D eigenvalue weighted by molar-refractivity contribution is 6.62. The molecule has 122 valence electrons. The Morgan fingerprint density at radius 2 is 1.91 bits per heavy atom. The summed E-state index contributed by atoms with van der Waals surface area (Å²) < 4.78 is 24.0. The summed E-state index contributed by atoms with van der Waals surface area (Å²) >= 11 is 0. The molecule has 0 N–H and O–H groups in total. The van der Waals surface area contributed by atoms with Gasteiger partial charge in [-0.2, -0.15) is 5.10 Å². The molecule has 22 heavy (non-hydrogen) atoms. The predicted molar refractivity (Wildman–Crippen MR) is 86.0 cm³/mol. The Kier molecular flexibility index (Phi) is 5.44. The van der Waals surface area contributed by atoms with E-state index >= 15 is 0 Å². The lowest BCUT2D eigenvalue weighted by Gasteiger charge is -2.32. The monoisotopic (exact) mass is 308 g/mol. The average Bonchev–Trinajstić information content (AvgIpc) is 2.97. The Morgan fingerprint density at radius 1 is 1.23 bits per heavy atom. The van der Waals surface area contributed by atoms with E-state index in [-0.39, 0.29) is 18.3 Å². The van der Waals surface area contributed by atoms with Crippen molar-refractivity contribution in [3.05, 3.63) is 18.5 Å². The van der Waals surface area contributed by atoms with Crippen LogP contribution in [0.4, 0.5) is 0 Å². The summed E-state index contributed by atoms with van der Waals surface area (Å²) in [7, 11) is 1.27. The van der Waals surface area contributed by atoms with Crippen molar-refractivity contribution in [3.8, 4) is 0 Å². The fraction of sp³-hybridized carbons (Fsp3) is 0.667. The van der Waals surface area contributed by atoms with E-state index in [4.69, 9.17) is 18.8 Å². The van der Waals surface area contributed by atoms with Gasteiger partial charge in [-0.25, -0.2) is 4.68 Å². The van der Waals surface area contributed by atoms with Gasteiger partial charge in [0, 0.05) is 31.2 Å². The van der Waals surface area contributed by atoms with Crippen LogP contribution in [0.2, 0.25) is 0 Å². The van der Waals surface area contributed by atoms with E-state index in [9.17, 15) is 0 Å². The molecule has 1 fully saturated rings. The Bertz CT molecular complexity index is 497. The van der Waals surface area contributed by atoms with Gasteiger partial charge < -0.3 is 18.8 Å². The van der Waals surface area contributed by atoms with Gasteiger partial charge in [0.2, 0.25) is 0 Å². The molecule has 0 amide bonds. The van der Waals surface area contributed by atoms with Crippen molar-refractivity contribution in [1.29, 1.82) is 0 Å². The molecule has 0 aromatic carbocycles. The first kappa shape index (κ1) is 17.2. The first-order valence-corrected chi connectivity index (χ1v) is 7.49. The van der Waals surface area contributed by atoms with E-state index in [0.29, 0.717) is 19.8 Å². The van der Waals surface area contributed by atoms with Crippen LogP contribution in [0.15, 0.2) is 18.5 Å². The van der Waals surface area contributed by atoms with Gasteiger partial charge in [-0.3, -0.25) is 0 Å². The van der Waals surface area contributed by atoms with Crippen molar-refractivity contribution in [2.75, 3.05) is 26.9 Å². The summed E-state index contributed by atoms with van der Waals surface area (Å²) in [6.45, 7) is 9.85. The van der Waals surface area contributed by atoms with Crippen LogP contribution in [0, 0.1) is 0 Å². The van der Waals surface area contributed by atoms with Crippen molar-refractivity contribution in [2.45, 2.75) is 38.9 Å². The topological polar surface area (TPSA) is 54.7 Å². The molecule has 0 spiro atoms. The first-order chi connectivity index (χ1) is 10.4. The second kappa shape index (κ2) is 6.96. The summed E-state index contributed by atoms with van der Waals surface area (Å²) in [5.41, 5.74) is 0.221. The molecule has 0 saturated carbocycles. The van der Waals surface area contributed by atoms with Crippen LogP contribution in [0.5, 0.6) is 0 Å². The van der Waals surface area contributed by atoms with Gasteiger partial charge in [0.15, 0.2) is 0 Å². The molecular weight excluding hydrogens is 283 g/mol. The van der Waals surface area contributed by atoms with Crippen molar-refractivity contribution < 1.29 is 18.8 Å². The SMILES string of the molecule is COCCOC/C=C/n1cc(B2OC(C)(C)C(C)(C)O2)cn1. The zero-order valence-corrected chi connectivity index (χ0v) is 14.0. The van der Waals surface area contributed by atoms with Crippen LogP contribution in [-0.2, 0) is 18.8 Å². The number of hydrogen-bond acceptors (Lipinski definition) is 5. The molecule has 0 unspecified atom stereocenters. The second-order valence-corrected chi connectivity index (χ2v) is 6.29. The maximum Gasteiger partial charge on any atom is 0.498 e. The van der Waals surface area contributed by atoms with Crippen molar-refractivity contribution in [2.24, 2.45) is 0 Å². The fourth-order valence-corrected chi connectivity index (χ4v) is 1.98. The van der Waals surface area contributed by atoms with Crippen molar-refractivity contribution in [3.63, 3.8) is 0 Å². The Hall–Kier alpha value is -1.15. The molecule has 0 radical (unpaired) electrons. The van der Waals surface area contributed by atoms with E-state index in [1.165, 1.54) is 0 Å². The summed E-state index contributed by atoms with van der Waals surface area (Å²) in [5.74, 6) is 0. The lowest BCUT2D eigenvalue weighted by Crippen LogP contribution is -2.41. The predicted octanol–water partition coefficient (Wildman–Crippen LogP) is 1.32. The fourth-order valence-electron chi connectivity index (χ4n) is 1.98. The van der Waals surface area contributed by atoms with Gasteiger partial charge in [0.25, 0.3) is 0 Å². The van der Waals surface area contributed by atoms with Crippen molar-refractivity contribution >= 4 is 18.8 Å². The molecular formula is C15H25BN2O4. The average molecular weight is 308 g/mol. The van der Waals surface area contributed by atoms with E-state index in [2.05, 4.69) is 5.10 Å². The molecule has 2 heterocycles. The summed E-state index contributed by atoms with van der Waals surface area (Å²) in [5, 5.41) is 4.28. The quantitative estimate of drug-likeness (QED) is 0.562. The number of nitrogens with zero attached hydrogens (tertiary/aromatic N) is 2. The Morgan fingerprint density at radius 3 is 2.55 bits per heavy atom. The highest BCUT2D eigenvalue weighted by atomic mass is 16.7. The third-order valence-electron chi connectivity index (χ3n) is 4.05. The molecule has 2 rings (SSSR count). The molecule has 1 aromatic rings. The van der Waals surface area contributed by atoms with Crippen LogP contribution in [0.25, 0.3) is 6.20 Å². The molecule has 1 aliphatic rings. The molecule has 1 aromatic heterocycles. The molecule has 0 atom stereocenters. The number of methoxy groups -OCH3 is 1. The summed E-state index contributed by atoms with van der Waals surface area (Å²) in [4.78, 5) is 0. The standard InChI is InChI=1S/C15H25BN2O4/c1-14(2)15(3,4)22-16(21-14)13-11-17-18(12-13)7-6-8-20-10-9-19-5/h6-7,11-12H,8-10H2,1-5H3/b7-6+. The summed E-state index contributed by atoms with van der Waals surface area (Å²) in [6.07, 6.45) is 7.41. The van der Waals surface area contributed by atoms with Gasteiger partial charge in [-0.05, 0) is 33.8 Å². The first-order valence-electron chi connectivity index (χ1n) is 7.49. The van der Waals surface area contributed by atoms with E-state index in [1.807, 2.05) is 46.2 Å². The van der Waals surface area contributed by atoms with Gasteiger partial charge in [0.05, 0.1) is 31.0 Å². The number of hydrogen-bond donors (Lipinski definition) is 0. The van der Waals surface area contributed by atoms with Crippen LogP contribution in [-0.4, -0.2) is 55.0 Å². The lowest BCUT2D eigenvalue weighted by molar-refractivity contribution is 0.00578. The number of ether oxygens (including phenoxy) is 2. The molecule has 0 aliphatic carbocycles. The molecule has 1 aliphatic heterocycles.